The van der Waals surface area contributed by atoms with Gasteiger partial charge < -0.3 is 15.0 Å². The summed E-state index contributed by atoms with van der Waals surface area (Å²) >= 11 is 0. The Morgan fingerprint density at radius 3 is 2.32 bits per heavy atom. The fourth-order valence-electron chi connectivity index (χ4n) is 5.51. The Hall–Kier alpha value is -4.45. The quantitative estimate of drug-likeness (QED) is 0.221. The summed E-state index contributed by atoms with van der Waals surface area (Å²) in [5.74, 6) is -0.924. The van der Waals surface area contributed by atoms with Crippen molar-refractivity contribution in [2.24, 2.45) is 0 Å². The number of methoxy groups -OCH3 is 1. The van der Waals surface area contributed by atoms with E-state index in [-0.39, 0.29) is 42.0 Å². The van der Waals surface area contributed by atoms with Gasteiger partial charge >= 0.3 is 0 Å². The van der Waals surface area contributed by atoms with Gasteiger partial charge in [0.05, 0.1) is 18.3 Å². The van der Waals surface area contributed by atoms with Crippen LogP contribution in [-0.4, -0.2) is 62.0 Å². The molecule has 3 aromatic rings. The highest BCUT2D eigenvalue weighted by Crippen LogP contribution is 2.34. The predicted octanol–water partition coefficient (Wildman–Crippen LogP) is 4.38. The summed E-state index contributed by atoms with van der Waals surface area (Å²) in [6, 6.07) is 19.4. The van der Waals surface area contributed by atoms with Crippen molar-refractivity contribution >= 4 is 33.2 Å². The molecular formula is C32H38N4O7S. The second kappa shape index (κ2) is 14.3. The van der Waals surface area contributed by atoms with Crippen molar-refractivity contribution in [1.82, 2.24) is 10.2 Å². The molecule has 1 unspecified atom stereocenters. The third-order valence-electron chi connectivity index (χ3n) is 7.73. The summed E-state index contributed by atoms with van der Waals surface area (Å²) in [6.07, 6.45) is 4.84. The highest BCUT2D eigenvalue weighted by atomic mass is 32.2. The van der Waals surface area contributed by atoms with Gasteiger partial charge in [-0.1, -0.05) is 73.0 Å². The molecule has 4 rings (SSSR count). The summed E-state index contributed by atoms with van der Waals surface area (Å²) in [5.41, 5.74) is 2.05. The van der Waals surface area contributed by atoms with Crippen LogP contribution in [0.4, 0.5) is 11.4 Å². The van der Waals surface area contributed by atoms with Crippen LogP contribution in [-0.2, 0) is 32.6 Å². The van der Waals surface area contributed by atoms with Crippen molar-refractivity contribution < 1.29 is 27.7 Å². The summed E-state index contributed by atoms with van der Waals surface area (Å²) in [6.45, 7) is 1.26. The maximum atomic E-state index is 14.3. The zero-order chi connectivity index (χ0) is 31.9. The van der Waals surface area contributed by atoms with Gasteiger partial charge in [0.1, 0.15) is 24.0 Å². The first kappa shape index (κ1) is 32.5. The van der Waals surface area contributed by atoms with Crippen LogP contribution in [0.15, 0.2) is 72.8 Å². The van der Waals surface area contributed by atoms with Crippen LogP contribution in [0.5, 0.6) is 5.75 Å². The standard InChI is InChI=1S/C32H38N4O7S/c1-23-10-9-13-25(18-23)21-34(29(19-24-11-5-4-6-12-24)32(38)33-26-14-7-8-15-26)31(37)22-35(44(3,41)42)28-20-27(36(39)40)16-17-30(28)43-2/h4-6,9-13,16-18,20,26,29H,7-8,14-15,19,21-22H2,1-3H3,(H,33,38). The number of benzene rings is 3. The number of nitro benzene ring substituents is 1. The van der Waals surface area contributed by atoms with Crippen LogP contribution in [0.1, 0.15) is 42.4 Å². The van der Waals surface area contributed by atoms with Crippen LogP contribution in [0.3, 0.4) is 0 Å². The lowest BCUT2D eigenvalue weighted by atomic mass is 10.0. The number of hydrogen-bond donors (Lipinski definition) is 1. The number of nitro groups is 1. The molecule has 1 aliphatic carbocycles. The van der Waals surface area contributed by atoms with Crippen molar-refractivity contribution in [2.45, 2.75) is 57.7 Å². The van der Waals surface area contributed by atoms with E-state index < -0.39 is 33.4 Å². The third-order valence-corrected chi connectivity index (χ3v) is 8.86. The molecule has 0 saturated heterocycles. The van der Waals surface area contributed by atoms with Gasteiger partial charge in [0, 0.05) is 31.1 Å². The molecule has 11 nitrogen and oxygen atoms in total. The number of hydrogen-bond acceptors (Lipinski definition) is 7. The van der Waals surface area contributed by atoms with Crippen LogP contribution in [0, 0.1) is 17.0 Å². The van der Waals surface area contributed by atoms with Crippen molar-refractivity contribution in [3.05, 3.63) is 99.6 Å². The normalized spacial score (nSPS) is 14.1. The van der Waals surface area contributed by atoms with Crippen LogP contribution in [0.2, 0.25) is 0 Å². The Morgan fingerprint density at radius 1 is 1.02 bits per heavy atom. The summed E-state index contributed by atoms with van der Waals surface area (Å²) in [5, 5.41) is 14.7. The number of ether oxygens (including phenoxy) is 1. The predicted molar refractivity (Wildman–Crippen MR) is 168 cm³/mol. The number of nitrogens with zero attached hydrogens (tertiary/aromatic N) is 3. The minimum atomic E-state index is -4.14. The number of non-ortho nitro benzene ring substituents is 1. The van der Waals surface area contributed by atoms with Crippen molar-refractivity contribution in [3.8, 4) is 5.75 Å². The number of aryl methyl sites for hydroxylation is 1. The van der Waals surface area contributed by atoms with Crippen molar-refractivity contribution in [3.63, 3.8) is 0 Å². The molecule has 3 aromatic carbocycles. The first-order chi connectivity index (χ1) is 21.0. The largest absolute Gasteiger partial charge is 0.495 e. The molecule has 1 N–H and O–H groups in total. The Morgan fingerprint density at radius 2 is 1.70 bits per heavy atom. The SMILES string of the molecule is COc1ccc([N+](=O)[O-])cc1N(CC(=O)N(Cc1cccc(C)c1)C(Cc1ccccc1)C(=O)NC1CCCC1)S(C)(=O)=O. The lowest BCUT2D eigenvalue weighted by Gasteiger charge is -2.34. The molecule has 1 aliphatic rings. The van der Waals surface area contributed by atoms with Crippen LogP contribution >= 0.6 is 0 Å². The molecule has 1 saturated carbocycles. The first-order valence-corrected chi connectivity index (χ1v) is 16.3. The van der Waals surface area contributed by atoms with E-state index in [1.54, 1.807) is 0 Å². The van der Waals surface area contributed by atoms with Crippen LogP contribution < -0.4 is 14.4 Å². The number of anilines is 1. The Labute approximate surface area is 258 Å². The summed E-state index contributed by atoms with van der Waals surface area (Å²) < 4.78 is 32.4. The smallest absolute Gasteiger partial charge is 0.271 e. The zero-order valence-electron chi connectivity index (χ0n) is 25.1. The minimum absolute atomic E-state index is 0.00153. The fourth-order valence-corrected chi connectivity index (χ4v) is 6.36. The number of amides is 2. The zero-order valence-corrected chi connectivity index (χ0v) is 26.0. The highest BCUT2D eigenvalue weighted by molar-refractivity contribution is 7.92. The number of nitrogens with one attached hydrogen (secondary N) is 1. The molecule has 1 atom stereocenters. The van der Waals surface area contributed by atoms with Crippen molar-refractivity contribution in [1.29, 1.82) is 0 Å². The molecule has 234 valence electrons. The monoisotopic (exact) mass is 622 g/mol. The van der Waals surface area contributed by atoms with Crippen molar-refractivity contribution in [2.75, 3.05) is 24.2 Å². The Bertz CT molecular complexity index is 1590. The van der Waals surface area contributed by atoms with E-state index >= 15 is 0 Å². The topological polar surface area (TPSA) is 139 Å². The number of rotatable bonds is 13. The van der Waals surface area contributed by atoms with Gasteiger partial charge in [0.25, 0.3) is 5.69 Å². The van der Waals surface area contributed by atoms with Gasteiger partial charge in [-0.05, 0) is 37.0 Å². The molecule has 44 heavy (non-hydrogen) atoms. The molecule has 2 amide bonds. The molecular weight excluding hydrogens is 584 g/mol. The molecule has 0 spiro atoms. The van der Waals surface area contributed by atoms with Gasteiger partial charge in [0.15, 0.2) is 0 Å². The van der Waals surface area contributed by atoms with Gasteiger partial charge in [-0.3, -0.25) is 24.0 Å². The molecule has 0 bridgehead atoms. The van der Waals surface area contributed by atoms with Gasteiger partial charge in [-0.25, -0.2) is 8.42 Å². The lowest BCUT2D eigenvalue weighted by molar-refractivity contribution is -0.384. The van der Waals surface area contributed by atoms with E-state index in [0.717, 1.165) is 59.0 Å². The molecule has 0 aliphatic heterocycles. The molecule has 0 radical (unpaired) electrons. The van der Waals surface area contributed by atoms with E-state index in [1.165, 1.54) is 24.1 Å². The Balaban J connectivity index is 1.78. The first-order valence-electron chi connectivity index (χ1n) is 14.5. The minimum Gasteiger partial charge on any atom is -0.495 e. The number of carbonyl (C=O) groups is 2. The van der Waals surface area contributed by atoms with Crippen LogP contribution in [0.25, 0.3) is 0 Å². The second-order valence-electron chi connectivity index (χ2n) is 11.1. The molecule has 12 heteroatoms. The summed E-state index contributed by atoms with van der Waals surface area (Å²) in [7, 11) is -2.84. The molecule has 1 fully saturated rings. The maximum absolute atomic E-state index is 14.3. The van der Waals surface area contributed by atoms with Gasteiger partial charge in [-0.15, -0.1) is 0 Å². The average Bonchev–Trinajstić information content (AvgIpc) is 3.50. The second-order valence-corrected chi connectivity index (χ2v) is 13.0. The van der Waals surface area contributed by atoms with E-state index in [1.807, 2.05) is 61.5 Å². The fraction of sp³-hybridized carbons (Fsp3) is 0.375. The van der Waals surface area contributed by atoms with Gasteiger partial charge in [0.2, 0.25) is 21.8 Å². The Kier molecular flexibility index (Phi) is 10.6. The third kappa shape index (κ3) is 8.34. The summed E-state index contributed by atoms with van der Waals surface area (Å²) in [4.78, 5) is 40.6. The lowest BCUT2D eigenvalue weighted by Crippen LogP contribution is -2.54. The molecule has 0 heterocycles. The molecule has 0 aromatic heterocycles. The number of sulfonamides is 1. The number of carbonyl (C=O) groups excluding carboxylic acids is 2. The van der Waals surface area contributed by atoms with E-state index in [9.17, 15) is 28.1 Å². The van der Waals surface area contributed by atoms with E-state index in [4.69, 9.17) is 4.74 Å². The van der Waals surface area contributed by atoms with Gasteiger partial charge in [-0.2, -0.15) is 0 Å². The van der Waals surface area contributed by atoms with E-state index in [2.05, 4.69) is 5.32 Å². The maximum Gasteiger partial charge on any atom is 0.271 e. The average molecular weight is 623 g/mol. The van der Waals surface area contributed by atoms with E-state index in [0.29, 0.717) is 0 Å². The highest BCUT2D eigenvalue weighted by Gasteiger charge is 2.35.